The maximum absolute atomic E-state index is 11.9. The van der Waals surface area contributed by atoms with Gasteiger partial charge < -0.3 is 9.84 Å². The van der Waals surface area contributed by atoms with Crippen molar-refractivity contribution in [1.82, 2.24) is 24.8 Å². The Morgan fingerprint density at radius 2 is 2.19 bits per heavy atom. The monoisotopic (exact) mass is 293 g/mol. The molecule has 1 N–H and O–H groups in total. The average molecular weight is 293 g/mol. The van der Waals surface area contributed by atoms with Crippen LogP contribution in [0.5, 0.6) is 0 Å². The normalized spacial score (nSPS) is 12.4. The van der Waals surface area contributed by atoms with E-state index >= 15 is 0 Å². The molecular formula is C13H19N5O3. The lowest BCUT2D eigenvalue weighted by Gasteiger charge is -2.12. The second kappa shape index (κ2) is 5.94. The summed E-state index contributed by atoms with van der Waals surface area (Å²) in [4.78, 5) is 23.4. The summed E-state index contributed by atoms with van der Waals surface area (Å²) in [6.45, 7) is 6.07. The van der Waals surface area contributed by atoms with Gasteiger partial charge in [-0.1, -0.05) is 12.1 Å². The van der Waals surface area contributed by atoms with Crippen molar-refractivity contribution in [2.75, 3.05) is 6.54 Å². The molecule has 0 radical (unpaired) electrons. The van der Waals surface area contributed by atoms with Crippen molar-refractivity contribution in [3.63, 3.8) is 0 Å². The van der Waals surface area contributed by atoms with Crippen LogP contribution in [0.25, 0.3) is 0 Å². The average Bonchev–Trinajstić information content (AvgIpc) is 2.93. The first-order valence-electron chi connectivity index (χ1n) is 6.68. The van der Waals surface area contributed by atoms with Gasteiger partial charge in [0.1, 0.15) is 18.6 Å². The summed E-state index contributed by atoms with van der Waals surface area (Å²) in [6, 6.07) is 0. The first kappa shape index (κ1) is 15.0. The van der Waals surface area contributed by atoms with Gasteiger partial charge in [0.2, 0.25) is 5.91 Å². The number of nitrogens with zero attached hydrogens (tertiary/aromatic N) is 4. The highest BCUT2D eigenvalue weighted by molar-refractivity contribution is 5.75. The van der Waals surface area contributed by atoms with E-state index in [-0.39, 0.29) is 24.1 Å². The topological polar surface area (TPSA) is 94.9 Å². The number of aryl methyl sites for hydroxylation is 3. The maximum Gasteiger partial charge on any atom is 0.345 e. The van der Waals surface area contributed by atoms with Crippen LogP contribution in [0.15, 0.2) is 15.6 Å². The van der Waals surface area contributed by atoms with Gasteiger partial charge in [0.15, 0.2) is 0 Å². The van der Waals surface area contributed by atoms with Crippen LogP contribution < -0.4 is 11.0 Å². The molecule has 0 bridgehead atoms. The van der Waals surface area contributed by atoms with Gasteiger partial charge in [-0.15, -0.1) is 0 Å². The highest BCUT2D eigenvalue weighted by atomic mass is 16.5. The van der Waals surface area contributed by atoms with Gasteiger partial charge >= 0.3 is 5.69 Å². The van der Waals surface area contributed by atoms with Crippen LogP contribution in [0.3, 0.4) is 0 Å². The molecule has 8 nitrogen and oxygen atoms in total. The van der Waals surface area contributed by atoms with Crippen LogP contribution in [0.2, 0.25) is 0 Å². The number of carbonyl (C=O) groups excluding carboxylic acids is 1. The fraction of sp³-hybridized carbons (Fsp3) is 0.538. The molecule has 0 aliphatic heterocycles. The second-order valence-electron chi connectivity index (χ2n) is 5.13. The smallest absolute Gasteiger partial charge is 0.345 e. The lowest BCUT2D eigenvalue weighted by atomic mass is 9.99. The summed E-state index contributed by atoms with van der Waals surface area (Å²) >= 11 is 0. The lowest BCUT2D eigenvalue weighted by molar-refractivity contribution is -0.121. The van der Waals surface area contributed by atoms with Crippen LogP contribution in [0.4, 0.5) is 0 Å². The molecule has 0 aromatic carbocycles. The molecular weight excluding hydrogens is 274 g/mol. The van der Waals surface area contributed by atoms with E-state index in [1.807, 2.05) is 20.8 Å². The number of nitrogens with one attached hydrogen (secondary N) is 1. The van der Waals surface area contributed by atoms with E-state index in [0.717, 1.165) is 21.7 Å². The van der Waals surface area contributed by atoms with E-state index in [1.54, 1.807) is 7.05 Å². The van der Waals surface area contributed by atoms with Gasteiger partial charge in [0.25, 0.3) is 0 Å². The minimum absolute atomic E-state index is 0.0839. The third kappa shape index (κ3) is 3.21. The molecule has 21 heavy (non-hydrogen) atoms. The zero-order valence-corrected chi connectivity index (χ0v) is 12.6. The van der Waals surface area contributed by atoms with Gasteiger partial charge in [-0.05, 0) is 13.8 Å². The number of amides is 1. The predicted octanol–water partition coefficient (Wildman–Crippen LogP) is 0.107. The van der Waals surface area contributed by atoms with E-state index in [1.165, 1.54) is 10.9 Å². The summed E-state index contributed by atoms with van der Waals surface area (Å²) in [5, 5.41) is 10.5. The van der Waals surface area contributed by atoms with Crippen molar-refractivity contribution < 1.29 is 9.32 Å². The lowest BCUT2D eigenvalue weighted by Crippen LogP contribution is -2.35. The summed E-state index contributed by atoms with van der Waals surface area (Å²) in [5.41, 5.74) is 1.52. The van der Waals surface area contributed by atoms with Crippen LogP contribution >= 0.6 is 0 Å². The van der Waals surface area contributed by atoms with Gasteiger partial charge in [0.05, 0.1) is 5.69 Å². The van der Waals surface area contributed by atoms with E-state index in [2.05, 4.69) is 15.6 Å². The SMILES string of the molecule is Cc1noc(C)c1C(C)CNC(=O)Cn1ncn(C)c1=O. The Labute approximate surface area is 121 Å². The molecule has 2 aromatic heterocycles. The van der Waals surface area contributed by atoms with Crippen molar-refractivity contribution in [2.45, 2.75) is 33.2 Å². The predicted molar refractivity (Wildman–Crippen MR) is 74.9 cm³/mol. The van der Waals surface area contributed by atoms with Gasteiger partial charge in [-0.25, -0.2) is 9.48 Å². The third-order valence-electron chi connectivity index (χ3n) is 3.37. The third-order valence-corrected chi connectivity index (χ3v) is 3.37. The molecule has 0 fully saturated rings. The Morgan fingerprint density at radius 3 is 2.71 bits per heavy atom. The quantitative estimate of drug-likeness (QED) is 0.844. The number of rotatable bonds is 5. The molecule has 2 heterocycles. The standard InChI is InChI=1S/C13H19N5O3/c1-8(12-9(2)16-21-10(12)3)5-14-11(19)6-18-13(20)17(4)7-15-18/h7-8H,5-6H2,1-4H3,(H,14,19). The minimum Gasteiger partial charge on any atom is -0.361 e. The fourth-order valence-electron chi connectivity index (χ4n) is 2.28. The molecule has 0 saturated carbocycles. The molecule has 1 amide bonds. The summed E-state index contributed by atoms with van der Waals surface area (Å²) in [7, 11) is 1.59. The molecule has 0 spiro atoms. The highest BCUT2D eigenvalue weighted by Crippen LogP contribution is 2.22. The van der Waals surface area contributed by atoms with Crippen molar-refractivity contribution in [3.05, 3.63) is 33.8 Å². The van der Waals surface area contributed by atoms with Crippen molar-refractivity contribution in [2.24, 2.45) is 7.05 Å². The van der Waals surface area contributed by atoms with Crippen LogP contribution in [-0.2, 0) is 18.4 Å². The first-order chi connectivity index (χ1) is 9.90. The van der Waals surface area contributed by atoms with Gasteiger partial charge in [-0.2, -0.15) is 5.10 Å². The molecule has 1 unspecified atom stereocenters. The van der Waals surface area contributed by atoms with Gasteiger partial charge in [-0.3, -0.25) is 9.36 Å². The summed E-state index contributed by atoms with van der Waals surface area (Å²) in [5.74, 6) is 0.588. The van der Waals surface area contributed by atoms with E-state index in [4.69, 9.17) is 4.52 Å². The van der Waals surface area contributed by atoms with Crippen molar-refractivity contribution in [1.29, 1.82) is 0 Å². The zero-order valence-electron chi connectivity index (χ0n) is 12.6. The summed E-state index contributed by atoms with van der Waals surface area (Å²) in [6.07, 6.45) is 1.38. The van der Waals surface area contributed by atoms with Crippen molar-refractivity contribution in [3.8, 4) is 0 Å². The molecule has 2 aromatic rings. The molecule has 0 aliphatic carbocycles. The molecule has 0 saturated heterocycles. The second-order valence-corrected chi connectivity index (χ2v) is 5.13. The highest BCUT2D eigenvalue weighted by Gasteiger charge is 2.17. The number of aromatic nitrogens is 4. The van der Waals surface area contributed by atoms with Crippen LogP contribution in [0, 0.1) is 13.8 Å². The fourth-order valence-corrected chi connectivity index (χ4v) is 2.28. The Morgan fingerprint density at radius 1 is 1.48 bits per heavy atom. The van der Waals surface area contributed by atoms with Gasteiger partial charge in [0, 0.05) is 25.1 Å². The molecule has 0 aliphatic rings. The van der Waals surface area contributed by atoms with Crippen LogP contribution in [-0.4, -0.2) is 32.0 Å². The van der Waals surface area contributed by atoms with Crippen LogP contribution in [0.1, 0.15) is 29.9 Å². The first-order valence-corrected chi connectivity index (χ1v) is 6.68. The minimum atomic E-state index is -0.316. The Bertz CT molecular complexity index is 677. The largest absolute Gasteiger partial charge is 0.361 e. The number of carbonyl (C=O) groups is 1. The summed E-state index contributed by atoms with van der Waals surface area (Å²) < 4.78 is 7.56. The van der Waals surface area contributed by atoms with E-state index in [0.29, 0.717) is 6.54 Å². The molecule has 114 valence electrons. The van der Waals surface area contributed by atoms with E-state index < -0.39 is 0 Å². The van der Waals surface area contributed by atoms with E-state index in [9.17, 15) is 9.59 Å². The molecule has 1 atom stereocenters. The Kier molecular flexibility index (Phi) is 4.25. The molecule has 2 rings (SSSR count). The maximum atomic E-state index is 11.9. The number of hydrogen-bond acceptors (Lipinski definition) is 5. The Balaban J connectivity index is 1.92. The molecule has 8 heteroatoms. The van der Waals surface area contributed by atoms with Crippen molar-refractivity contribution >= 4 is 5.91 Å². The zero-order chi connectivity index (χ0) is 15.6. The Hall–Kier alpha value is -2.38. The number of hydrogen-bond donors (Lipinski definition) is 1.